The molecule has 7 heteroatoms. The number of carboxylic acid groups (broad SMARTS) is 1. The maximum atomic E-state index is 11.8. The van der Waals surface area contributed by atoms with Crippen molar-refractivity contribution >= 4 is 17.9 Å². The van der Waals surface area contributed by atoms with Crippen molar-refractivity contribution in [1.29, 1.82) is 0 Å². The van der Waals surface area contributed by atoms with Crippen molar-refractivity contribution in [3.8, 4) is 0 Å². The Kier molecular flexibility index (Phi) is 5.35. The third-order valence-corrected chi connectivity index (χ3v) is 3.38. The fraction of sp³-hybridized carbons (Fsp3) is 0.769. The third kappa shape index (κ3) is 4.40. The standard InChI is InChI=1S/C13H23N3O4/c1-9(2)6-14-10(17)7-15-12(20)16-5-4-13(3,8-16)11(18)19/h9H,4-8H2,1-3H3,(H,14,17)(H,15,20)(H,18,19). The molecule has 1 atom stereocenters. The van der Waals surface area contributed by atoms with Crippen LogP contribution in [0.3, 0.4) is 0 Å². The van der Waals surface area contributed by atoms with E-state index >= 15 is 0 Å². The van der Waals surface area contributed by atoms with Crippen molar-refractivity contribution in [2.24, 2.45) is 11.3 Å². The predicted octanol–water partition coefficient (Wildman–Crippen LogP) is 0.265. The van der Waals surface area contributed by atoms with Gasteiger partial charge in [-0.1, -0.05) is 13.8 Å². The molecule has 114 valence electrons. The highest BCUT2D eigenvalue weighted by molar-refractivity contribution is 5.84. The van der Waals surface area contributed by atoms with E-state index in [0.29, 0.717) is 25.4 Å². The first kappa shape index (κ1) is 16.3. The largest absolute Gasteiger partial charge is 0.481 e. The molecule has 1 aliphatic heterocycles. The summed E-state index contributed by atoms with van der Waals surface area (Å²) in [6, 6.07) is -0.394. The van der Waals surface area contributed by atoms with Crippen LogP contribution in [0.4, 0.5) is 4.79 Å². The van der Waals surface area contributed by atoms with E-state index < -0.39 is 17.4 Å². The van der Waals surface area contributed by atoms with Gasteiger partial charge in [-0.2, -0.15) is 0 Å². The highest BCUT2D eigenvalue weighted by Crippen LogP contribution is 2.29. The average Bonchev–Trinajstić information content (AvgIpc) is 2.77. The molecule has 7 nitrogen and oxygen atoms in total. The van der Waals surface area contributed by atoms with Crippen molar-refractivity contribution in [3.63, 3.8) is 0 Å². The van der Waals surface area contributed by atoms with Crippen LogP contribution in [-0.2, 0) is 9.59 Å². The molecule has 3 N–H and O–H groups in total. The number of carbonyl (C=O) groups is 3. The van der Waals surface area contributed by atoms with Gasteiger partial charge < -0.3 is 20.6 Å². The van der Waals surface area contributed by atoms with Crippen LogP contribution in [0.2, 0.25) is 0 Å². The first-order valence-corrected chi connectivity index (χ1v) is 6.77. The molecule has 1 aliphatic rings. The summed E-state index contributed by atoms with van der Waals surface area (Å²) in [7, 11) is 0. The van der Waals surface area contributed by atoms with E-state index in [-0.39, 0.29) is 19.0 Å². The van der Waals surface area contributed by atoms with Crippen molar-refractivity contribution < 1.29 is 19.5 Å². The molecule has 0 aliphatic carbocycles. The monoisotopic (exact) mass is 285 g/mol. The lowest BCUT2D eigenvalue weighted by Gasteiger charge is -2.20. The molecular formula is C13H23N3O4. The summed E-state index contributed by atoms with van der Waals surface area (Å²) in [6.45, 7) is 6.62. The van der Waals surface area contributed by atoms with Gasteiger partial charge in [0.25, 0.3) is 0 Å². The highest BCUT2D eigenvalue weighted by atomic mass is 16.4. The number of rotatable bonds is 5. The van der Waals surface area contributed by atoms with Crippen LogP contribution in [0, 0.1) is 11.3 Å². The smallest absolute Gasteiger partial charge is 0.317 e. The molecule has 1 heterocycles. The molecule has 0 spiro atoms. The number of aliphatic carboxylic acids is 1. The summed E-state index contributed by atoms with van der Waals surface area (Å²) < 4.78 is 0. The van der Waals surface area contributed by atoms with Crippen LogP contribution in [0.1, 0.15) is 27.2 Å². The van der Waals surface area contributed by atoms with Crippen LogP contribution in [-0.4, -0.2) is 54.1 Å². The van der Waals surface area contributed by atoms with Gasteiger partial charge in [0.05, 0.1) is 12.0 Å². The lowest BCUT2D eigenvalue weighted by atomic mass is 9.90. The predicted molar refractivity (Wildman–Crippen MR) is 73.2 cm³/mol. The van der Waals surface area contributed by atoms with E-state index in [9.17, 15) is 14.4 Å². The lowest BCUT2D eigenvalue weighted by molar-refractivity contribution is -0.147. The van der Waals surface area contributed by atoms with Gasteiger partial charge >= 0.3 is 12.0 Å². The average molecular weight is 285 g/mol. The molecule has 1 unspecified atom stereocenters. The Balaban J connectivity index is 2.34. The molecule has 0 aromatic heterocycles. The van der Waals surface area contributed by atoms with Crippen LogP contribution in [0.5, 0.6) is 0 Å². The second-order valence-corrected chi connectivity index (χ2v) is 5.89. The maximum Gasteiger partial charge on any atom is 0.317 e. The normalized spacial score (nSPS) is 21.9. The van der Waals surface area contributed by atoms with E-state index in [1.54, 1.807) is 6.92 Å². The number of hydrogen-bond donors (Lipinski definition) is 3. The Morgan fingerprint density at radius 2 is 1.95 bits per heavy atom. The SMILES string of the molecule is CC(C)CNC(=O)CNC(=O)N1CCC(C)(C(=O)O)C1. The molecule has 0 saturated carbocycles. The first-order valence-electron chi connectivity index (χ1n) is 6.77. The van der Waals surface area contributed by atoms with Crippen molar-refractivity contribution in [2.75, 3.05) is 26.2 Å². The Hall–Kier alpha value is -1.79. The van der Waals surface area contributed by atoms with E-state index in [2.05, 4.69) is 10.6 Å². The summed E-state index contributed by atoms with van der Waals surface area (Å²) in [6.07, 6.45) is 0.426. The summed E-state index contributed by atoms with van der Waals surface area (Å²) in [4.78, 5) is 35.8. The lowest BCUT2D eigenvalue weighted by Crippen LogP contribution is -2.45. The number of nitrogens with zero attached hydrogens (tertiary/aromatic N) is 1. The molecule has 20 heavy (non-hydrogen) atoms. The minimum atomic E-state index is -0.900. The van der Waals surface area contributed by atoms with Gasteiger partial charge in [-0.3, -0.25) is 9.59 Å². The van der Waals surface area contributed by atoms with Crippen LogP contribution in [0.15, 0.2) is 0 Å². The molecule has 0 bridgehead atoms. The zero-order valence-corrected chi connectivity index (χ0v) is 12.2. The van der Waals surface area contributed by atoms with Gasteiger partial charge in [0.2, 0.25) is 5.91 Å². The Bertz CT molecular complexity index is 397. The van der Waals surface area contributed by atoms with E-state index in [1.165, 1.54) is 4.90 Å². The summed E-state index contributed by atoms with van der Waals surface area (Å²) in [5.41, 5.74) is -0.892. The highest BCUT2D eigenvalue weighted by Gasteiger charge is 2.42. The minimum absolute atomic E-state index is 0.0914. The molecule has 1 saturated heterocycles. The Morgan fingerprint density at radius 1 is 1.30 bits per heavy atom. The minimum Gasteiger partial charge on any atom is -0.481 e. The van der Waals surface area contributed by atoms with Crippen molar-refractivity contribution in [2.45, 2.75) is 27.2 Å². The fourth-order valence-electron chi connectivity index (χ4n) is 1.96. The third-order valence-electron chi connectivity index (χ3n) is 3.38. The number of likely N-dealkylation sites (tertiary alicyclic amines) is 1. The van der Waals surface area contributed by atoms with Gasteiger partial charge in [-0.15, -0.1) is 0 Å². The Labute approximate surface area is 118 Å². The van der Waals surface area contributed by atoms with E-state index in [0.717, 1.165) is 0 Å². The second kappa shape index (κ2) is 6.58. The number of hydrogen-bond acceptors (Lipinski definition) is 3. The van der Waals surface area contributed by atoms with Gasteiger partial charge in [-0.25, -0.2) is 4.79 Å². The quantitative estimate of drug-likeness (QED) is 0.675. The van der Waals surface area contributed by atoms with Gasteiger partial charge in [0.15, 0.2) is 0 Å². The number of urea groups is 1. The van der Waals surface area contributed by atoms with Crippen LogP contribution >= 0.6 is 0 Å². The number of carbonyl (C=O) groups excluding carboxylic acids is 2. The summed E-state index contributed by atoms with van der Waals surface area (Å²) in [5, 5.41) is 14.3. The molecular weight excluding hydrogens is 262 g/mol. The van der Waals surface area contributed by atoms with Crippen LogP contribution < -0.4 is 10.6 Å². The van der Waals surface area contributed by atoms with Crippen molar-refractivity contribution in [3.05, 3.63) is 0 Å². The molecule has 0 radical (unpaired) electrons. The fourth-order valence-corrected chi connectivity index (χ4v) is 1.96. The second-order valence-electron chi connectivity index (χ2n) is 5.89. The topological polar surface area (TPSA) is 98.7 Å². The maximum absolute atomic E-state index is 11.8. The van der Waals surface area contributed by atoms with Crippen molar-refractivity contribution in [1.82, 2.24) is 15.5 Å². The number of nitrogens with one attached hydrogen (secondary N) is 2. The summed E-state index contributed by atoms with van der Waals surface area (Å²) in [5.74, 6) is -0.792. The molecule has 1 rings (SSSR count). The molecule has 3 amide bonds. The molecule has 0 aromatic rings. The van der Waals surface area contributed by atoms with Gasteiger partial charge in [0, 0.05) is 19.6 Å². The zero-order chi connectivity index (χ0) is 15.3. The summed E-state index contributed by atoms with van der Waals surface area (Å²) >= 11 is 0. The molecule has 1 fully saturated rings. The Morgan fingerprint density at radius 3 is 2.45 bits per heavy atom. The van der Waals surface area contributed by atoms with E-state index in [4.69, 9.17) is 5.11 Å². The van der Waals surface area contributed by atoms with E-state index in [1.807, 2.05) is 13.8 Å². The number of amides is 3. The van der Waals surface area contributed by atoms with Gasteiger partial charge in [-0.05, 0) is 19.3 Å². The van der Waals surface area contributed by atoms with Gasteiger partial charge in [0.1, 0.15) is 0 Å². The number of carboxylic acids is 1. The molecule has 0 aromatic carbocycles. The van der Waals surface area contributed by atoms with Crippen LogP contribution in [0.25, 0.3) is 0 Å². The zero-order valence-electron chi connectivity index (χ0n) is 12.2. The first-order chi connectivity index (χ1) is 9.24.